The largest absolute Gasteiger partial charge is 0.365 e. The highest BCUT2D eigenvalue weighted by Gasteiger charge is 2.44. The first-order chi connectivity index (χ1) is 10.6. The van der Waals surface area contributed by atoms with Crippen LogP contribution in [0.15, 0.2) is 60.0 Å². The summed E-state index contributed by atoms with van der Waals surface area (Å²) in [5.41, 5.74) is 0.718. The number of carbonyl (C=O) groups excluding carboxylic acids is 1. The number of nitrogens with zero attached hydrogens (tertiary/aromatic N) is 3. The Labute approximate surface area is 128 Å². The third-order valence-electron chi connectivity index (χ3n) is 3.68. The molecule has 1 amide bonds. The molecule has 1 aromatic heterocycles. The Balaban J connectivity index is 1.88. The number of rotatable bonds is 3. The molecule has 5 heteroatoms. The van der Waals surface area contributed by atoms with Crippen LogP contribution in [0.2, 0.25) is 0 Å². The van der Waals surface area contributed by atoms with Gasteiger partial charge in [0.25, 0.3) is 0 Å². The molecule has 2 aromatic rings. The molecule has 1 aliphatic rings. The Bertz CT molecular complexity index is 700. The van der Waals surface area contributed by atoms with Crippen molar-refractivity contribution in [2.24, 2.45) is 5.10 Å². The Morgan fingerprint density at radius 2 is 2.05 bits per heavy atom. The summed E-state index contributed by atoms with van der Waals surface area (Å²) in [7, 11) is 0. The molecule has 1 atom stereocenters. The first-order valence-corrected chi connectivity index (χ1v) is 7.13. The minimum absolute atomic E-state index is 0.195. The number of benzene rings is 1. The molecule has 0 spiro atoms. The van der Waals surface area contributed by atoms with Gasteiger partial charge in [-0.15, -0.1) is 0 Å². The van der Waals surface area contributed by atoms with Crippen LogP contribution in [0.4, 0.5) is 0 Å². The second-order valence-electron chi connectivity index (χ2n) is 5.44. The van der Waals surface area contributed by atoms with Crippen LogP contribution in [0.3, 0.4) is 0 Å². The molecule has 0 fully saturated rings. The van der Waals surface area contributed by atoms with Crippen molar-refractivity contribution in [1.82, 2.24) is 9.99 Å². The lowest BCUT2D eigenvalue weighted by atomic mass is 9.99. The van der Waals surface area contributed by atoms with Gasteiger partial charge in [-0.05, 0) is 18.6 Å². The van der Waals surface area contributed by atoms with Crippen molar-refractivity contribution >= 4 is 11.6 Å². The average molecular weight is 295 g/mol. The SMILES string of the molecule is CC1=NN(C(=O)Cc2ccccc2)[C@](O)(c2cccnc2)C1. The number of carbonyl (C=O) groups is 1. The summed E-state index contributed by atoms with van der Waals surface area (Å²) in [6.07, 6.45) is 3.68. The van der Waals surface area contributed by atoms with Crippen LogP contribution >= 0.6 is 0 Å². The molecule has 0 radical (unpaired) electrons. The number of pyridine rings is 1. The second kappa shape index (κ2) is 5.69. The predicted molar refractivity (Wildman–Crippen MR) is 82.9 cm³/mol. The molecular formula is C17H17N3O2. The zero-order chi connectivity index (χ0) is 15.6. The number of hydrogen-bond acceptors (Lipinski definition) is 4. The summed E-state index contributed by atoms with van der Waals surface area (Å²) in [5, 5.41) is 16.4. The van der Waals surface area contributed by atoms with Crippen molar-refractivity contribution < 1.29 is 9.90 Å². The van der Waals surface area contributed by atoms with Gasteiger partial charge in [-0.2, -0.15) is 10.1 Å². The van der Waals surface area contributed by atoms with Gasteiger partial charge in [-0.25, -0.2) is 0 Å². The highest BCUT2D eigenvalue weighted by molar-refractivity contribution is 5.89. The Morgan fingerprint density at radius 1 is 1.27 bits per heavy atom. The van der Waals surface area contributed by atoms with E-state index in [4.69, 9.17) is 0 Å². The quantitative estimate of drug-likeness (QED) is 0.942. The number of aliphatic hydroxyl groups is 1. The summed E-state index contributed by atoms with van der Waals surface area (Å²) < 4.78 is 0. The normalized spacial score (nSPS) is 20.8. The summed E-state index contributed by atoms with van der Waals surface area (Å²) in [5.74, 6) is -0.241. The Hall–Kier alpha value is -2.53. The van der Waals surface area contributed by atoms with E-state index in [0.29, 0.717) is 17.7 Å². The second-order valence-corrected chi connectivity index (χ2v) is 5.44. The number of aromatic nitrogens is 1. The van der Waals surface area contributed by atoms with Gasteiger partial charge in [0, 0.05) is 30.1 Å². The number of hydrogen-bond donors (Lipinski definition) is 1. The Kier molecular flexibility index (Phi) is 3.73. The summed E-state index contributed by atoms with van der Waals surface area (Å²) in [4.78, 5) is 16.6. The zero-order valence-corrected chi connectivity index (χ0v) is 12.3. The van der Waals surface area contributed by atoms with Crippen LogP contribution in [-0.4, -0.2) is 26.7 Å². The van der Waals surface area contributed by atoms with Gasteiger partial charge in [0.05, 0.1) is 6.42 Å². The van der Waals surface area contributed by atoms with Gasteiger partial charge in [-0.1, -0.05) is 36.4 Å². The maximum atomic E-state index is 12.6. The van der Waals surface area contributed by atoms with Crippen molar-refractivity contribution in [2.75, 3.05) is 0 Å². The van der Waals surface area contributed by atoms with E-state index < -0.39 is 5.72 Å². The third kappa shape index (κ3) is 2.63. The van der Waals surface area contributed by atoms with E-state index in [1.54, 1.807) is 31.5 Å². The first kappa shape index (κ1) is 14.4. The van der Waals surface area contributed by atoms with Crippen LogP contribution in [0, 0.1) is 0 Å². The lowest BCUT2D eigenvalue weighted by Crippen LogP contribution is -2.44. The van der Waals surface area contributed by atoms with Gasteiger partial charge in [0.2, 0.25) is 5.91 Å². The lowest BCUT2D eigenvalue weighted by Gasteiger charge is -2.31. The highest BCUT2D eigenvalue weighted by Crippen LogP contribution is 2.35. The number of hydrazone groups is 1. The van der Waals surface area contributed by atoms with E-state index in [-0.39, 0.29) is 12.3 Å². The number of amides is 1. The summed E-state index contributed by atoms with van der Waals surface area (Å²) >= 11 is 0. The first-order valence-electron chi connectivity index (χ1n) is 7.13. The summed E-state index contributed by atoms with van der Waals surface area (Å²) in [6.45, 7) is 1.80. The smallest absolute Gasteiger partial charge is 0.250 e. The maximum absolute atomic E-state index is 12.6. The minimum atomic E-state index is -1.45. The molecule has 1 aliphatic heterocycles. The fourth-order valence-electron chi connectivity index (χ4n) is 2.65. The molecule has 1 aromatic carbocycles. The van der Waals surface area contributed by atoms with Crippen LogP contribution in [0.5, 0.6) is 0 Å². The molecule has 1 N–H and O–H groups in total. The molecule has 0 aliphatic carbocycles. The molecule has 2 heterocycles. The lowest BCUT2D eigenvalue weighted by molar-refractivity contribution is -0.157. The standard InChI is InChI=1S/C17H17N3O2/c1-13-11-17(22,15-8-5-9-18-12-15)20(19-13)16(21)10-14-6-3-2-4-7-14/h2-9,12,22H,10-11H2,1H3/t17-/m1/s1. The molecular weight excluding hydrogens is 278 g/mol. The van der Waals surface area contributed by atoms with E-state index in [9.17, 15) is 9.90 Å². The van der Waals surface area contributed by atoms with E-state index in [1.807, 2.05) is 30.3 Å². The van der Waals surface area contributed by atoms with Gasteiger partial charge in [0.15, 0.2) is 5.72 Å². The molecule has 112 valence electrons. The predicted octanol–water partition coefficient (Wildman–Crippen LogP) is 2.08. The minimum Gasteiger partial charge on any atom is -0.365 e. The van der Waals surface area contributed by atoms with Crippen LogP contribution in [-0.2, 0) is 16.9 Å². The molecule has 5 nitrogen and oxygen atoms in total. The van der Waals surface area contributed by atoms with Crippen molar-refractivity contribution in [3.63, 3.8) is 0 Å². The molecule has 0 bridgehead atoms. The van der Waals surface area contributed by atoms with E-state index in [0.717, 1.165) is 5.56 Å². The third-order valence-corrected chi connectivity index (χ3v) is 3.68. The van der Waals surface area contributed by atoms with E-state index in [1.165, 1.54) is 5.01 Å². The molecule has 3 rings (SSSR count). The van der Waals surface area contributed by atoms with Crippen molar-refractivity contribution in [1.29, 1.82) is 0 Å². The molecule has 0 unspecified atom stereocenters. The topological polar surface area (TPSA) is 65.8 Å². The van der Waals surface area contributed by atoms with Gasteiger partial charge < -0.3 is 5.11 Å². The summed E-state index contributed by atoms with van der Waals surface area (Å²) in [6, 6.07) is 12.9. The van der Waals surface area contributed by atoms with Crippen LogP contribution in [0.1, 0.15) is 24.5 Å². The maximum Gasteiger partial charge on any atom is 0.250 e. The monoisotopic (exact) mass is 295 g/mol. The molecule has 0 saturated heterocycles. The van der Waals surface area contributed by atoms with Crippen LogP contribution < -0.4 is 0 Å². The molecule has 0 saturated carbocycles. The molecule has 22 heavy (non-hydrogen) atoms. The zero-order valence-electron chi connectivity index (χ0n) is 12.3. The van der Waals surface area contributed by atoms with Crippen molar-refractivity contribution in [3.8, 4) is 0 Å². The van der Waals surface area contributed by atoms with Gasteiger partial charge in [-0.3, -0.25) is 9.78 Å². The van der Waals surface area contributed by atoms with Gasteiger partial charge >= 0.3 is 0 Å². The van der Waals surface area contributed by atoms with Crippen molar-refractivity contribution in [3.05, 3.63) is 66.0 Å². The highest BCUT2D eigenvalue weighted by atomic mass is 16.3. The van der Waals surface area contributed by atoms with Gasteiger partial charge in [0.1, 0.15) is 0 Å². The van der Waals surface area contributed by atoms with Crippen molar-refractivity contribution in [2.45, 2.75) is 25.5 Å². The fraction of sp³-hybridized carbons (Fsp3) is 0.235. The van der Waals surface area contributed by atoms with Crippen LogP contribution in [0.25, 0.3) is 0 Å². The average Bonchev–Trinajstić information content (AvgIpc) is 2.85. The Morgan fingerprint density at radius 3 is 2.73 bits per heavy atom. The van der Waals surface area contributed by atoms with E-state index in [2.05, 4.69) is 10.1 Å². The fourth-order valence-corrected chi connectivity index (χ4v) is 2.65. The van der Waals surface area contributed by atoms with E-state index >= 15 is 0 Å².